The first kappa shape index (κ1) is 17.5. The molecular weight excluding hydrogens is 332 g/mol. The van der Waals surface area contributed by atoms with Crippen LogP contribution in [0.25, 0.3) is 0 Å². The third-order valence-corrected chi connectivity index (χ3v) is 4.20. The van der Waals surface area contributed by atoms with Crippen molar-refractivity contribution in [3.63, 3.8) is 0 Å². The number of nitrogens with one attached hydrogen (secondary N) is 2. The van der Waals surface area contributed by atoms with E-state index >= 15 is 0 Å². The van der Waals surface area contributed by atoms with Gasteiger partial charge >= 0.3 is 0 Å². The molecule has 0 spiro atoms. The summed E-state index contributed by atoms with van der Waals surface area (Å²) >= 11 is 0. The maximum atomic E-state index is 12.4. The van der Waals surface area contributed by atoms with E-state index in [2.05, 4.69) is 10.6 Å². The maximum absolute atomic E-state index is 12.4. The maximum Gasteiger partial charge on any atom is 0.291 e. The van der Waals surface area contributed by atoms with Gasteiger partial charge in [-0.1, -0.05) is 12.1 Å². The molecule has 134 valence electrons. The lowest BCUT2D eigenvalue weighted by Crippen LogP contribution is -2.23. The third kappa shape index (κ3) is 3.69. The van der Waals surface area contributed by atoms with Crippen molar-refractivity contribution in [3.8, 4) is 0 Å². The SMILES string of the molecule is Cc1oc(C)c(C(=O)NCc2ccc(NC(=O)c3ccco3)cc2)c1C. The van der Waals surface area contributed by atoms with E-state index in [9.17, 15) is 9.59 Å². The van der Waals surface area contributed by atoms with Crippen molar-refractivity contribution < 1.29 is 18.4 Å². The Hall–Kier alpha value is -3.28. The van der Waals surface area contributed by atoms with E-state index in [-0.39, 0.29) is 17.6 Å². The molecule has 0 saturated carbocycles. The van der Waals surface area contributed by atoms with Crippen molar-refractivity contribution in [2.75, 3.05) is 5.32 Å². The molecule has 0 bridgehead atoms. The van der Waals surface area contributed by atoms with Crippen molar-refractivity contribution in [1.82, 2.24) is 5.32 Å². The zero-order valence-corrected chi connectivity index (χ0v) is 14.9. The summed E-state index contributed by atoms with van der Waals surface area (Å²) in [7, 11) is 0. The van der Waals surface area contributed by atoms with Gasteiger partial charge in [0, 0.05) is 17.8 Å². The highest BCUT2D eigenvalue weighted by Gasteiger charge is 2.18. The number of aryl methyl sites for hydroxylation is 2. The van der Waals surface area contributed by atoms with E-state index < -0.39 is 0 Å². The highest BCUT2D eigenvalue weighted by molar-refractivity contribution is 6.02. The van der Waals surface area contributed by atoms with E-state index in [1.54, 1.807) is 31.2 Å². The Balaban J connectivity index is 1.59. The quantitative estimate of drug-likeness (QED) is 0.727. The van der Waals surface area contributed by atoms with Gasteiger partial charge in [-0.05, 0) is 50.6 Å². The lowest BCUT2D eigenvalue weighted by atomic mass is 10.1. The molecule has 0 aliphatic heterocycles. The molecule has 0 saturated heterocycles. The first-order chi connectivity index (χ1) is 12.5. The highest BCUT2D eigenvalue weighted by atomic mass is 16.3. The fourth-order valence-corrected chi connectivity index (χ4v) is 2.70. The number of amides is 2. The lowest BCUT2D eigenvalue weighted by molar-refractivity contribution is 0.0947. The minimum absolute atomic E-state index is 0.160. The number of carbonyl (C=O) groups excluding carboxylic acids is 2. The Morgan fingerprint density at radius 1 is 0.962 bits per heavy atom. The van der Waals surface area contributed by atoms with Crippen LogP contribution in [0.4, 0.5) is 5.69 Å². The molecule has 0 radical (unpaired) electrons. The largest absolute Gasteiger partial charge is 0.466 e. The zero-order valence-electron chi connectivity index (χ0n) is 14.9. The predicted octanol–water partition coefficient (Wildman–Crippen LogP) is 3.98. The number of rotatable bonds is 5. The van der Waals surface area contributed by atoms with Gasteiger partial charge in [0.15, 0.2) is 5.76 Å². The van der Waals surface area contributed by atoms with Crippen LogP contribution in [0.15, 0.2) is 51.5 Å². The molecule has 2 heterocycles. The monoisotopic (exact) mass is 352 g/mol. The molecular formula is C20H20N2O4. The fourth-order valence-electron chi connectivity index (χ4n) is 2.70. The Morgan fingerprint density at radius 2 is 1.69 bits per heavy atom. The van der Waals surface area contributed by atoms with Gasteiger partial charge in [0.25, 0.3) is 11.8 Å². The highest BCUT2D eigenvalue weighted by Crippen LogP contribution is 2.20. The van der Waals surface area contributed by atoms with Gasteiger partial charge in [0.1, 0.15) is 11.5 Å². The molecule has 0 unspecified atom stereocenters. The van der Waals surface area contributed by atoms with Crippen LogP contribution in [0, 0.1) is 20.8 Å². The summed E-state index contributed by atoms with van der Waals surface area (Å²) in [6.07, 6.45) is 1.45. The molecule has 3 aromatic rings. The Labute approximate surface area is 151 Å². The summed E-state index contributed by atoms with van der Waals surface area (Å²) in [5.74, 6) is 1.16. The van der Waals surface area contributed by atoms with E-state index in [1.807, 2.05) is 26.0 Å². The van der Waals surface area contributed by atoms with Crippen molar-refractivity contribution in [3.05, 3.63) is 76.6 Å². The van der Waals surface area contributed by atoms with E-state index in [0.717, 1.165) is 16.9 Å². The second-order valence-electron chi connectivity index (χ2n) is 6.03. The van der Waals surface area contributed by atoms with Crippen LogP contribution < -0.4 is 10.6 Å². The van der Waals surface area contributed by atoms with Gasteiger partial charge in [-0.3, -0.25) is 9.59 Å². The number of carbonyl (C=O) groups is 2. The van der Waals surface area contributed by atoms with Crippen LogP contribution in [0.5, 0.6) is 0 Å². The summed E-state index contributed by atoms with van der Waals surface area (Å²) < 4.78 is 10.5. The van der Waals surface area contributed by atoms with Crippen LogP contribution in [0.1, 0.15) is 43.6 Å². The number of furan rings is 2. The molecule has 2 N–H and O–H groups in total. The zero-order chi connectivity index (χ0) is 18.7. The second-order valence-corrected chi connectivity index (χ2v) is 6.03. The second kappa shape index (κ2) is 7.31. The van der Waals surface area contributed by atoms with Gasteiger partial charge in [0.2, 0.25) is 0 Å². The smallest absolute Gasteiger partial charge is 0.291 e. The number of hydrogen-bond acceptors (Lipinski definition) is 4. The summed E-state index contributed by atoms with van der Waals surface area (Å²) in [6, 6.07) is 10.5. The van der Waals surface area contributed by atoms with Crippen molar-refractivity contribution in [2.24, 2.45) is 0 Å². The van der Waals surface area contributed by atoms with Gasteiger partial charge < -0.3 is 19.5 Å². The average Bonchev–Trinajstić information content (AvgIpc) is 3.23. The van der Waals surface area contributed by atoms with Gasteiger partial charge in [-0.25, -0.2) is 0 Å². The topological polar surface area (TPSA) is 84.5 Å². The van der Waals surface area contributed by atoms with E-state index in [0.29, 0.717) is 23.6 Å². The van der Waals surface area contributed by atoms with Crippen LogP contribution in [0.2, 0.25) is 0 Å². The van der Waals surface area contributed by atoms with Crippen molar-refractivity contribution in [2.45, 2.75) is 27.3 Å². The van der Waals surface area contributed by atoms with Crippen LogP contribution >= 0.6 is 0 Å². The number of hydrogen-bond donors (Lipinski definition) is 2. The van der Waals surface area contributed by atoms with Crippen molar-refractivity contribution in [1.29, 1.82) is 0 Å². The minimum atomic E-state index is -0.308. The van der Waals surface area contributed by atoms with Gasteiger partial charge in [-0.2, -0.15) is 0 Å². The van der Waals surface area contributed by atoms with Gasteiger partial charge in [0.05, 0.1) is 11.8 Å². The van der Waals surface area contributed by atoms with Gasteiger partial charge in [-0.15, -0.1) is 0 Å². The minimum Gasteiger partial charge on any atom is -0.466 e. The Morgan fingerprint density at radius 3 is 2.27 bits per heavy atom. The van der Waals surface area contributed by atoms with Crippen molar-refractivity contribution >= 4 is 17.5 Å². The van der Waals surface area contributed by atoms with Crippen LogP contribution in [-0.4, -0.2) is 11.8 Å². The predicted molar refractivity (Wildman–Crippen MR) is 97.2 cm³/mol. The Bertz CT molecular complexity index is 922. The van der Waals surface area contributed by atoms with E-state index in [4.69, 9.17) is 8.83 Å². The van der Waals surface area contributed by atoms with Crippen LogP contribution in [-0.2, 0) is 6.54 Å². The fraction of sp³-hybridized carbons (Fsp3) is 0.200. The molecule has 0 fully saturated rings. The summed E-state index contributed by atoms with van der Waals surface area (Å²) in [4.78, 5) is 24.3. The first-order valence-electron chi connectivity index (χ1n) is 8.24. The summed E-state index contributed by atoms with van der Waals surface area (Å²) in [5.41, 5.74) is 3.02. The average molecular weight is 352 g/mol. The Kier molecular flexibility index (Phi) is 4.93. The molecule has 2 amide bonds. The molecule has 26 heavy (non-hydrogen) atoms. The van der Waals surface area contributed by atoms with Crippen LogP contribution in [0.3, 0.4) is 0 Å². The summed E-state index contributed by atoms with van der Waals surface area (Å²) in [5, 5.41) is 5.64. The molecule has 6 nitrogen and oxygen atoms in total. The first-order valence-corrected chi connectivity index (χ1v) is 8.24. The molecule has 6 heteroatoms. The molecule has 0 aliphatic rings. The molecule has 1 aromatic carbocycles. The number of anilines is 1. The summed E-state index contributed by atoms with van der Waals surface area (Å²) in [6.45, 7) is 5.88. The molecule has 0 atom stereocenters. The van der Waals surface area contributed by atoms with E-state index in [1.165, 1.54) is 6.26 Å². The molecule has 0 aliphatic carbocycles. The standard InChI is InChI=1S/C20H20N2O4/c1-12-13(2)26-14(3)18(12)20(24)21-11-15-6-8-16(9-7-15)22-19(23)17-5-4-10-25-17/h4-10H,11H2,1-3H3,(H,21,24)(H,22,23). The lowest BCUT2D eigenvalue weighted by Gasteiger charge is -2.07. The normalized spacial score (nSPS) is 10.6. The third-order valence-electron chi connectivity index (χ3n) is 4.20. The molecule has 2 aromatic heterocycles. The number of benzene rings is 1. The molecule has 3 rings (SSSR count).